The first-order chi connectivity index (χ1) is 6.19. The monoisotopic (exact) mass is 186 g/mol. The summed E-state index contributed by atoms with van der Waals surface area (Å²) in [6.45, 7) is 3.94. The summed E-state index contributed by atoms with van der Waals surface area (Å²) in [5.41, 5.74) is 0. The number of aliphatic imine (C=N–C) groups is 1. The largest absolute Gasteiger partial charge is 0.393 e. The van der Waals surface area contributed by atoms with Crippen LogP contribution >= 0.6 is 0 Å². The van der Waals surface area contributed by atoms with Crippen molar-refractivity contribution in [3.05, 3.63) is 0 Å². The molecule has 0 aromatic heterocycles. The average Bonchev–Trinajstić information content (AvgIpc) is 2.16. The van der Waals surface area contributed by atoms with Gasteiger partial charge >= 0.3 is 5.97 Å². The van der Waals surface area contributed by atoms with Crippen LogP contribution in [-0.2, 0) is 9.53 Å². The second-order valence-corrected chi connectivity index (χ2v) is 2.71. The summed E-state index contributed by atoms with van der Waals surface area (Å²) in [4.78, 5) is 15.2. The van der Waals surface area contributed by atoms with E-state index in [-0.39, 0.29) is 17.9 Å². The Morgan fingerprint density at radius 3 is 2.31 bits per heavy atom. The molecule has 4 nitrogen and oxygen atoms in total. The molecule has 0 unspecified atom stereocenters. The van der Waals surface area contributed by atoms with Crippen molar-refractivity contribution in [3.8, 4) is 0 Å². The molecule has 0 aliphatic heterocycles. The molecule has 0 heterocycles. The Labute approximate surface area is 79.4 Å². The number of hydrogen-bond acceptors (Lipinski definition) is 3. The molecular weight excluding hydrogens is 168 g/mol. The minimum atomic E-state index is -0.208. The molecule has 0 saturated carbocycles. The van der Waals surface area contributed by atoms with Crippen molar-refractivity contribution in [1.29, 1.82) is 0 Å². The molecular formula is C9H18N2O2. The molecule has 0 aromatic carbocycles. The van der Waals surface area contributed by atoms with E-state index in [9.17, 15) is 4.79 Å². The van der Waals surface area contributed by atoms with Crippen LogP contribution in [0.5, 0.6) is 0 Å². The molecule has 0 spiro atoms. The predicted octanol–water partition coefficient (Wildman–Crippen LogP) is 1.17. The van der Waals surface area contributed by atoms with Crippen LogP contribution in [0.3, 0.4) is 0 Å². The minimum Gasteiger partial charge on any atom is -0.393 e. The van der Waals surface area contributed by atoms with Gasteiger partial charge in [-0.2, -0.15) is 0 Å². The highest BCUT2D eigenvalue weighted by atomic mass is 16.6. The highest BCUT2D eigenvalue weighted by molar-refractivity contribution is 5.88. The van der Waals surface area contributed by atoms with Gasteiger partial charge in [0.15, 0.2) is 0 Å². The second-order valence-electron chi connectivity index (χ2n) is 2.71. The first kappa shape index (κ1) is 11.9. The standard InChI is InChI=1S/C9H18N2O2/c1-5-7(6-2)8(12)13-9(10-3)11-4/h7H,5-6H2,1-4H3,(H,10,11). The summed E-state index contributed by atoms with van der Waals surface area (Å²) in [5, 5.41) is 2.69. The van der Waals surface area contributed by atoms with Gasteiger partial charge in [-0.1, -0.05) is 13.8 Å². The number of hydrogen-bond donors (Lipinski definition) is 1. The number of carbonyl (C=O) groups is 1. The van der Waals surface area contributed by atoms with Crippen LogP contribution in [0, 0.1) is 5.92 Å². The lowest BCUT2D eigenvalue weighted by molar-refractivity contribution is -0.140. The fourth-order valence-electron chi connectivity index (χ4n) is 1.01. The number of nitrogens with one attached hydrogen (secondary N) is 1. The molecule has 0 bridgehead atoms. The van der Waals surface area contributed by atoms with Gasteiger partial charge in [0.05, 0.1) is 5.92 Å². The third-order valence-corrected chi connectivity index (χ3v) is 1.93. The first-order valence-electron chi connectivity index (χ1n) is 4.55. The summed E-state index contributed by atoms with van der Waals surface area (Å²) < 4.78 is 4.99. The van der Waals surface area contributed by atoms with Gasteiger partial charge in [-0.25, -0.2) is 4.99 Å². The number of nitrogens with zero attached hydrogens (tertiary/aromatic N) is 1. The molecule has 0 rings (SSSR count). The first-order valence-corrected chi connectivity index (χ1v) is 4.55. The fraction of sp³-hybridized carbons (Fsp3) is 0.778. The van der Waals surface area contributed by atoms with E-state index in [1.807, 2.05) is 13.8 Å². The maximum absolute atomic E-state index is 11.4. The maximum Gasteiger partial charge on any atom is 0.316 e. The van der Waals surface area contributed by atoms with E-state index >= 15 is 0 Å². The van der Waals surface area contributed by atoms with Gasteiger partial charge < -0.3 is 10.1 Å². The number of amidine groups is 1. The second kappa shape index (κ2) is 6.46. The molecule has 76 valence electrons. The van der Waals surface area contributed by atoms with Crippen molar-refractivity contribution < 1.29 is 9.53 Å². The third-order valence-electron chi connectivity index (χ3n) is 1.93. The van der Waals surface area contributed by atoms with Crippen molar-refractivity contribution in [2.24, 2.45) is 10.9 Å². The summed E-state index contributed by atoms with van der Waals surface area (Å²) >= 11 is 0. The Morgan fingerprint density at radius 2 is 2.00 bits per heavy atom. The molecule has 0 aliphatic carbocycles. The quantitative estimate of drug-likeness (QED) is 0.409. The fourth-order valence-corrected chi connectivity index (χ4v) is 1.01. The van der Waals surface area contributed by atoms with E-state index in [1.54, 1.807) is 14.1 Å². The van der Waals surface area contributed by atoms with E-state index < -0.39 is 0 Å². The van der Waals surface area contributed by atoms with E-state index in [0.717, 1.165) is 12.8 Å². The van der Waals surface area contributed by atoms with Gasteiger partial charge in [-0.15, -0.1) is 0 Å². The number of carbonyl (C=O) groups excluding carboxylic acids is 1. The normalized spacial score (nSPS) is 11.6. The Morgan fingerprint density at radius 1 is 1.46 bits per heavy atom. The van der Waals surface area contributed by atoms with Crippen LogP contribution in [0.2, 0.25) is 0 Å². The van der Waals surface area contributed by atoms with Gasteiger partial charge in [0, 0.05) is 14.1 Å². The van der Waals surface area contributed by atoms with E-state index in [0.29, 0.717) is 0 Å². The Hall–Kier alpha value is -1.06. The third kappa shape index (κ3) is 3.92. The van der Waals surface area contributed by atoms with Crippen LogP contribution in [0.1, 0.15) is 26.7 Å². The Kier molecular flexibility index (Phi) is 5.93. The predicted molar refractivity (Wildman–Crippen MR) is 52.6 cm³/mol. The van der Waals surface area contributed by atoms with E-state index in [2.05, 4.69) is 10.3 Å². The highest BCUT2D eigenvalue weighted by Gasteiger charge is 2.17. The summed E-state index contributed by atoms with van der Waals surface area (Å²) in [7, 11) is 3.24. The zero-order valence-corrected chi connectivity index (χ0v) is 8.76. The lowest BCUT2D eigenvalue weighted by Crippen LogP contribution is -2.28. The van der Waals surface area contributed by atoms with Crippen molar-refractivity contribution in [3.63, 3.8) is 0 Å². The maximum atomic E-state index is 11.4. The highest BCUT2D eigenvalue weighted by Crippen LogP contribution is 2.09. The Bertz CT molecular complexity index is 186. The minimum absolute atomic E-state index is 0.0231. The number of esters is 1. The van der Waals surface area contributed by atoms with Gasteiger partial charge in [0.2, 0.25) is 0 Å². The number of rotatable bonds is 3. The topological polar surface area (TPSA) is 50.7 Å². The molecule has 0 aromatic rings. The van der Waals surface area contributed by atoms with E-state index in [4.69, 9.17) is 4.74 Å². The van der Waals surface area contributed by atoms with Crippen LogP contribution in [0.15, 0.2) is 4.99 Å². The van der Waals surface area contributed by atoms with Crippen molar-refractivity contribution >= 4 is 12.0 Å². The molecule has 0 radical (unpaired) electrons. The van der Waals surface area contributed by atoms with Gasteiger partial charge in [-0.3, -0.25) is 4.79 Å². The van der Waals surface area contributed by atoms with Gasteiger partial charge in [0.25, 0.3) is 6.02 Å². The van der Waals surface area contributed by atoms with Crippen LogP contribution < -0.4 is 5.32 Å². The molecule has 4 heteroatoms. The lowest BCUT2D eigenvalue weighted by atomic mass is 10.0. The molecule has 0 saturated heterocycles. The molecule has 0 amide bonds. The van der Waals surface area contributed by atoms with Gasteiger partial charge in [0.1, 0.15) is 0 Å². The molecule has 13 heavy (non-hydrogen) atoms. The van der Waals surface area contributed by atoms with Crippen LogP contribution in [-0.4, -0.2) is 26.1 Å². The van der Waals surface area contributed by atoms with Crippen LogP contribution in [0.4, 0.5) is 0 Å². The SMILES string of the molecule is CCC(CC)C(=O)OC(=NC)NC. The zero-order chi connectivity index (χ0) is 10.3. The van der Waals surface area contributed by atoms with Crippen LogP contribution in [0.25, 0.3) is 0 Å². The Balaban J connectivity index is 4.12. The lowest BCUT2D eigenvalue weighted by Gasteiger charge is -2.11. The van der Waals surface area contributed by atoms with Crippen molar-refractivity contribution in [2.45, 2.75) is 26.7 Å². The summed E-state index contributed by atoms with van der Waals surface area (Å²) in [6, 6.07) is 0.275. The van der Waals surface area contributed by atoms with Gasteiger partial charge in [-0.05, 0) is 12.8 Å². The number of ether oxygens (including phenoxy) is 1. The molecule has 0 fully saturated rings. The zero-order valence-electron chi connectivity index (χ0n) is 8.76. The average molecular weight is 186 g/mol. The molecule has 0 atom stereocenters. The molecule has 0 aliphatic rings. The van der Waals surface area contributed by atoms with E-state index in [1.165, 1.54) is 0 Å². The summed E-state index contributed by atoms with van der Waals surface area (Å²) in [5.74, 6) is -0.231. The van der Waals surface area contributed by atoms with Crippen molar-refractivity contribution in [2.75, 3.05) is 14.1 Å². The molecule has 1 N–H and O–H groups in total. The van der Waals surface area contributed by atoms with Crippen molar-refractivity contribution in [1.82, 2.24) is 5.32 Å². The smallest absolute Gasteiger partial charge is 0.316 e. The summed E-state index contributed by atoms with van der Waals surface area (Å²) in [6.07, 6.45) is 1.60.